The summed E-state index contributed by atoms with van der Waals surface area (Å²) in [7, 11) is 5.75. The first-order valence-electron chi connectivity index (χ1n) is 4.69. The van der Waals surface area contributed by atoms with Gasteiger partial charge in [-0.1, -0.05) is 6.07 Å². The molecule has 2 radical (unpaired) electrons. The van der Waals surface area contributed by atoms with Gasteiger partial charge in [0.25, 0.3) is 0 Å². The third-order valence-electron chi connectivity index (χ3n) is 2.60. The molecule has 68 valence electrons. The van der Waals surface area contributed by atoms with Crippen LogP contribution in [0.1, 0.15) is 18.9 Å². The number of halogens is 1. The molecule has 0 bridgehead atoms. The molecule has 0 spiro atoms. The van der Waals surface area contributed by atoms with Gasteiger partial charge in [-0.25, -0.2) is 9.37 Å². The molecule has 0 N–H and O–H groups in total. The second-order valence-electron chi connectivity index (χ2n) is 3.68. The van der Waals surface area contributed by atoms with Crippen LogP contribution in [0.25, 0.3) is 11.0 Å². The van der Waals surface area contributed by atoms with Gasteiger partial charge in [0.2, 0.25) is 0 Å². The Morgan fingerprint density at radius 1 is 1.43 bits per heavy atom. The number of imidazole rings is 1. The lowest BCUT2D eigenvalue weighted by Gasteiger charge is -2.04. The first-order valence-corrected chi connectivity index (χ1v) is 4.69. The lowest BCUT2D eigenvalue weighted by molar-refractivity contribution is 0.626. The summed E-state index contributed by atoms with van der Waals surface area (Å²) in [6, 6.07) is 5.24. The van der Waals surface area contributed by atoms with Crippen LogP contribution in [0.5, 0.6) is 0 Å². The number of benzene rings is 1. The summed E-state index contributed by atoms with van der Waals surface area (Å²) in [5.74, 6) is -0.237. The van der Waals surface area contributed by atoms with Crippen LogP contribution >= 0.6 is 0 Å². The Morgan fingerprint density at radius 2 is 2.21 bits per heavy atom. The predicted octanol–water partition coefficient (Wildman–Crippen LogP) is 1.30. The maximum Gasteiger partial charge on any atom is 0.167 e. The maximum atomic E-state index is 13.5. The molecule has 0 aliphatic heterocycles. The minimum absolute atomic E-state index is 0.237. The number of fused-ring (bicyclic) bond motifs is 1. The molecular formula is C10H8BFN2. The lowest BCUT2D eigenvalue weighted by atomic mass is 10.1. The molecule has 1 fully saturated rings. The Balaban J connectivity index is 2.39. The number of nitrogens with zero attached hydrogens (tertiary/aromatic N) is 2. The third-order valence-corrected chi connectivity index (χ3v) is 2.60. The molecule has 1 heterocycles. The van der Waals surface area contributed by atoms with E-state index in [0.717, 1.165) is 12.8 Å². The molecule has 1 aromatic heterocycles. The molecular weight excluding hydrogens is 178 g/mol. The van der Waals surface area contributed by atoms with E-state index in [0.29, 0.717) is 22.8 Å². The Labute approximate surface area is 82.2 Å². The predicted molar refractivity (Wildman–Crippen MR) is 53.4 cm³/mol. The second-order valence-corrected chi connectivity index (χ2v) is 3.68. The number of para-hydroxylation sites is 1. The Hall–Kier alpha value is -1.32. The molecule has 2 nitrogen and oxygen atoms in total. The topological polar surface area (TPSA) is 17.8 Å². The highest BCUT2D eigenvalue weighted by molar-refractivity contribution is 6.30. The van der Waals surface area contributed by atoms with Crippen LogP contribution in [0.3, 0.4) is 0 Å². The highest BCUT2D eigenvalue weighted by Gasteiger charge is 2.27. The van der Waals surface area contributed by atoms with Crippen LogP contribution < -0.4 is 5.72 Å². The zero-order chi connectivity index (χ0) is 9.71. The summed E-state index contributed by atoms with van der Waals surface area (Å²) < 4.78 is 15.3. The number of hydrogen-bond donors (Lipinski definition) is 0. The monoisotopic (exact) mass is 186 g/mol. The van der Waals surface area contributed by atoms with Crippen LogP contribution in [-0.4, -0.2) is 17.4 Å². The highest BCUT2D eigenvalue weighted by Crippen LogP contribution is 2.36. The van der Waals surface area contributed by atoms with Crippen LogP contribution in [0, 0.1) is 5.82 Å². The molecule has 1 aliphatic rings. The van der Waals surface area contributed by atoms with Crippen molar-refractivity contribution in [1.29, 1.82) is 0 Å². The summed E-state index contributed by atoms with van der Waals surface area (Å²) in [6.45, 7) is 0. The van der Waals surface area contributed by atoms with Gasteiger partial charge in [-0.05, 0) is 25.0 Å². The van der Waals surface area contributed by atoms with E-state index in [9.17, 15) is 4.39 Å². The molecule has 0 unspecified atom stereocenters. The van der Waals surface area contributed by atoms with Gasteiger partial charge in [0.15, 0.2) is 7.85 Å². The zero-order valence-electron chi connectivity index (χ0n) is 7.57. The molecule has 1 aliphatic carbocycles. The first-order chi connectivity index (χ1) is 6.77. The molecule has 3 rings (SSSR count). The van der Waals surface area contributed by atoms with Crippen molar-refractivity contribution in [3.8, 4) is 0 Å². The zero-order valence-corrected chi connectivity index (χ0v) is 7.57. The molecule has 0 saturated heterocycles. The largest absolute Gasteiger partial charge is 0.332 e. The minimum atomic E-state index is -0.237. The standard InChI is InChI=1S/C10H8BFN2/c11-10-13-8-3-1-2-7(12)9(8)14(10)6-4-5-6/h1-3,6H,4-5H2. The van der Waals surface area contributed by atoms with Crippen molar-refractivity contribution >= 4 is 24.6 Å². The Bertz CT molecular complexity index is 502. The van der Waals surface area contributed by atoms with E-state index in [4.69, 9.17) is 7.85 Å². The summed E-state index contributed by atoms with van der Waals surface area (Å²) in [6.07, 6.45) is 2.15. The van der Waals surface area contributed by atoms with Gasteiger partial charge >= 0.3 is 0 Å². The van der Waals surface area contributed by atoms with Crippen molar-refractivity contribution in [3.05, 3.63) is 24.0 Å². The normalized spacial score (nSPS) is 16.4. The SMILES string of the molecule is [B]c1nc2cccc(F)c2n1C1CC1. The van der Waals surface area contributed by atoms with Crippen LogP contribution in [0.4, 0.5) is 4.39 Å². The van der Waals surface area contributed by atoms with E-state index >= 15 is 0 Å². The van der Waals surface area contributed by atoms with Gasteiger partial charge in [0.05, 0.1) is 11.2 Å². The van der Waals surface area contributed by atoms with Crippen molar-refractivity contribution in [2.24, 2.45) is 0 Å². The molecule has 2 aromatic rings. The van der Waals surface area contributed by atoms with Gasteiger partial charge in [-0.3, -0.25) is 0 Å². The average molecular weight is 186 g/mol. The highest BCUT2D eigenvalue weighted by atomic mass is 19.1. The van der Waals surface area contributed by atoms with Crippen LogP contribution in [0.2, 0.25) is 0 Å². The van der Waals surface area contributed by atoms with E-state index in [1.807, 2.05) is 4.57 Å². The van der Waals surface area contributed by atoms with E-state index in [2.05, 4.69) is 4.98 Å². The molecule has 4 heteroatoms. The molecule has 0 atom stereocenters. The van der Waals surface area contributed by atoms with Crippen molar-refractivity contribution < 1.29 is 4.39 Å². The van der Waals surface area contributed by atoms with Crippen LogP contribution in [-0.2, 0) is 0 Å². The number of aromatic nitrogens is 2. The summed E-state index contributed by atoms with van der Waals surface area (Å²) in [4.78, 5) is 4.14. The van der Waals surface area contributed by atoms with E-state index in [-0.39, 0.29) is 5.82 Å². The van der Waals surface area contributed by atoms with Crippen molar-refractivity contribution in [1.82, 2.24) is 9.55 Å². The van der Waals surface area contributed by atoms with Crippen LogP contribution in [0.15, 0.2) is 18.2 Å². The van der Waals surface area contributed by atoms with Crippen molar-refractivity contribution in [3.63, 3.8) is 0 Å². The summed E-state index contributed by atoms with van der Waals surface area (Å²) in [5, 5.41) is 0. The number of rotatable bonds is 1. The lowest BCUT2D eigenvalue weighted by Crippen LogP contribution is -2.18. The minimum Gasteiger partial charge on any atom is -0.332 e. The second kappa shape index (κ2) is 2.59. The summed E-state index contributed by atoms with van der Waals surface area (Å²) >= 11 is 0. The Morgan fingerprint density at radius 3 is 2.93 bits per heavy atom. The van der Waals surface area contributed by atoms with Crippen molar-refractivity contribution in [2.75, 3.05) is 0 Å². The number of hydrogen-bond acceptors (Lipinski definition) is 1. The van der Waals surface area contributed by atoms with E-state index < -0.39 is 0 Å². The van der Waals surface area contributed by atoms with Gasteiger partial charge in [0.1, 0.15) is 11.3 Å². The molecule has 14 heavy (non-hydrogen) atoms. The first kappa shape index (κ1) is 8.03. The van der Waals surface area contributed by atoms with Gasteiger partial charge in [-0.2, -0.15) is 0 Å². The fourth-order valence-electron chi connectivity index (χ4n) is 1.83. The average Bonchev–Trinajstić information content (AvgIpc) is 2.90. The fourth-order valence-corrected chi connectivity index (χ4v) is 1.83. The molecule has 0 amide bonds. The molecule has 1 saturated carbocycles. The van der Waals surface area contributed by atoms with Gasteiger partial charge in [0, 0.05) is 6.04 Å². The summed E-state index contributed by atoms with van der Waals surface area (Å²) in [5.41, 5.74) is 1.62. The van der Waals surface area contributed by atoms with Crippen molar-refractivity contribution in [2.45, 2.75) is 18.9 Å². The Kier molecular flexibility index (Phi) is 1.49. The smallest absolute Gasteiger partial charge is 0.167 e. The molecule has 1 aromatic carbocycles. The van der Waals surface area contributed by atoms with Gasteiger partial charge in [-0.15, -0.1) is 0 Å². The van der Waals surface area contributed by atoms with E-state index in [1.54, 1.807) is 12.1 Å². The fraction of sp³-hybridized carbons (Fsp3) is 0.300. The third kappa shape index (κ3) is 0.998. The quantitative estimate of drug-likeness (QED) is 0.613. The maximum absolute atomic E-state index is 13.5. The van der Waals surface area contributed by atoms with E-state index in [1.165, 1.54) is 6.07 Å². The van der Waals surface area contributed by atoms with Gasteiger partial charge < -0.3 is 4.57 Å².